The molecule has 0 bridgehead atoms. The molecule has 0 spiro atoms. The highest BCUT2D eigenvalue weighted by molar-refractivity contribution is 7.14. The normalized spacial score (nSPS) is 16.0. The summed E-state index contributed by atoms with van der Waals surface area (Å²) in [6, 6.07) is 7.22. The van der Waals surface area contributed by atoms with Crippen molar-refractivity contribution in [2.75, 3.05) is 13.1 Å². The monoisotopic (exact) mass is 233 g/mol. The molecule has 0 atom stereocenters. The van der Waals surface area contributed by atoms with Gasteiger partial charge in [0.15, 0.2) is 5.01 Å². The van der Waals surface area contributed by atoms with Gasteiger partial charge in [0, 0.05) is 19.0 Å². The van der Waals surface area contributed by atoms with Gasteiger partial charge >= 0.3 is 0 Å². The predicted molar refractivity (Wildman–Crippen MR) is 62.6 cm³/mol. The summed E-state index contributed by atoms with van der Waals surface area (Å²) in [5, 5.41) is 23.1. The summed E-state index contributed by atoms with van der Waals surface area (Å²) in [6.45, 7) is 1.96. The average Bonchev–Trinajstić information content (AvgIpc) is 2.65. The van der Waals surface area contributed by atoms with Crippen LogP contribution in [0.5, 0.6) is 5.75 Å². The number of nitrogens with zero attached hydrogens (tertiary/aromatic N) is 2. The van der Waals surface area contributed by atoms with Gasteiger partial charge < -0.3 is 10.4 Å². The second-order valence-corrected chi connectivity index (χ2v) is 4.83. The molecular formula is C11H11N3OS. The van der Waals surface area contributed by atoms with Gasteiger partial charge in [0.2, 0.25) is 0 Å². The van der Waals surface area contributed by atoms with Crippen molar-refractivity contribution >= 4 is 11.3 Å². The molecule has 2 N–H and O–H groups in total. The first-order chi connectivity index (χ1) is 7.84. The highest BCUT2D eigenvalue weighted by Gasteiger charge is 2.23. The third kappa shape index (κ3) is 1.58. The first kappa shape index (κ1) is 9.74. The van der Waals surface area contributed by atoms with E-state index in [-0.39, 0.29) is 5.75 Å². The molecule has 1 aliphatic rings. The number of phenolic OH excluding ortho intramolecular Hbond substituents is 1. The van der Waals surface area contributed by atoms with Crippen LogP contribution in [0.2, 0.25) is 0 Å². The molecular weight excluding hydrogens is 222 g/mol. The number of rotatable bonds is 2. The van der Waals surface area contributed by atoms with E-state index >= 15 is 0 Å². The lowest BCUT2D eigenvalue weighted by Gasteiger charge is -2.23. The molecule has 82 valence electrons. The zero-order chi connectivity index (χ0) is 11.0. The smallest absolute Gasteiger partial charge is 0.151 e. The summed E-state index contributed by atoms with van der Waals surface area (Å²) < 4.78 is 0. The van der Waals surface area contributed by atoms with Crippen molar-refractivity contribution < 1.29 is 5.11 Å². The fraction of sp³-hybridized carbons (Fsp3) is 0.273. The minimum Gasteiger partial charge on any atom is -0.507 e. The van der Waals surface area contributed by atoms with Crippen LogP contribution in [0, 0.1) is 0 Å². The number of phenols is 1. The van der Waals surface area contributed by atoms with E-state index in [1.807, 2.05) is 12.1 Å². The van der Waals surface area contributed by atoms with Crippen molar-refractivity contribution in [1.29, 1.82) is 0 Å². The van der Waals surface area contributed by atoms with E-state index in [0.717, 1.165) is 28.7 Å². The largest absolute Gasteiger partial charge is 0.507 e. The molecule has 0 unspecified atom stereocenters. The number of benzene rings is 1. The predicted octanol–water partition coefficient (Wildman–Crippen LogP) is 1.60. The van der Waals surface area contributed by atoms with Gasteiger partial charge in [-0.05, 0) is 12.1 Å². The van der Waals surface area contributed by atoms with Crippen LogP contribution in [0.15, 0.2) is 24.3 Å². The lowest BCUT2D eigenvalue weighted by Crippen LogP contribution is -2.39. The number of hydrogen-bond acceptors (Lipinski definition) is 5. The first-order valence-corrected chi connectivity index (χ1v) is 5.99. The quantitative estimate of drug-likeness (QED) is 0.827. The number of para-hydroxylation sites is 1. The Balaban J connectivity index is 1.95. The van der Waals surface area contributed by atoms with Crippen LogP contribution in [-0.2, 0) is 0 Å². The van der Waals surface area contributed by atoms with Gasteiger partial charge in [0.1, 0.15) is 10.8 Å². The van der Waals surface area contributed by atoms with Crippen LogP contribution >= 0.6 is 11.3 Å². The second-order valence-electron chi connectivity index (χ2n) is 3.82. The molecule has 1 aliphatic heterocycles. The Kier molecular flexibility index (Phi) is 2.34. The Morgan fingerprint density at radius 2 is 2.06 bits per heavy atom. The van der Waals surface area contributed by atoms with Gasteiger partial charge in [0.05, 0.1) is 5.56 Å². The first-order valence-electron chi connectivity index (χ1n) is 5.17. The van der Waals surface area contributed by atoms with Gasteiger partial charge in [-0.15, -0.1) is 10.2 Å². The number of aromatic hydroxyl groups is 1. The molecule has 0 amide bonds. The molecule has 4 nitrogen and oxygen atoms in total. The van der Waals surface area contributed by atoms with Crippen LogP contribution in [-0.4, -0.2) is 28.4 Å². The minimum atomic E-state index is 0.261. The zero-order valence-corrected chi connectivity index (χ0v) is 9.37. The third-order valence-corrected chi connectivity index (χ3v) is 3.82. The van der Waals surface area contributed by atoms with Crippen LogP contribution in [0.25, 0.3) is 10.6 Å². The molecule has 1 fully saturated rings. The zero-order valence-electron chi connectivity index (χ0n) is 8.55. The highest BCUT2D eigenvalue weighted by atomic mass is 32.1. The third-order valence-electron chi connectivity index (χ3n) is 2.71. The van der Waals surface area contributed by atoms with Gasteiger partial charge in [-0.1, -0.05) is 23.5 Å². The summed E-state index contributed by atoms with van der Waals surface area (Å²) in [6.07, 6.45) is 0. The van der Waals surface area contributed by atoms with Crippen LogP contribution in [0.4, 0.5) is 0 Å². The lowest BCUT2D eigenvalue weighted by molar-refractivity contribution is 0.444. The fourth-order valence-electron chi connectivity index (χ4n) is 1.63. The number of nitrogens with one attached hydrogen (secondary N) is 1. The molecule has 2 aromatic rings. The van der Waals surface area contributed by atoms with Gasteiger partial charge in [-0.25, -0.2) is 0 Å². The summed E-state index contributed by atoms with van der Waals surface area (Å²) in [5.74, 6) is 0.758. The molecule has 5 heteroatoms. The van der Waals surface area contributed by atoms with Crippen LogP contribution in [0.1, 0.15) is 10.9 Å². The molecule has 3 rings (SSSR count). The Morgan fingerprint density at radius 1 is 1.25 bits per heavy atom. The van der Waals surface area contributed by atoms with E-state index in [1.165, 1.54) is 0 Å². The molecule has 1 aromatic heterocycles. The van der Waals surface area contributed by atoms with E-state index in [0.29, 0.717) is 5.92 Å². The van der Waals surface area contributed by atoms with Gasteiger partial charge in [-0.2, -0.15) is 0 Å². The number of aromatic nitrogens is 2. The summed E-state index contributed by atoms with van der Waals surface area (Å²) in [5.41, 5.74) is 0.763. The Bertz CT molecular complexity index is 507. The standard InChI is InChI=1S/C11H11N3OS/c15-9-4-2-1-3-8(9)11-14-13-10(16-11)7-5-12-6-7/h1-4,7,12,15H,5-6H2. The van der Waals surface area contributed by atoms with Crippen LogP contribution < -0.4 is 5.32 Å². The van der Waals surface area contributed by atoms with E-state index < -0.39 is 0 Å². The van der Waals surface area contributed by atoms with Crippen molar-refractivity contribution in [2.24, 2.45) is 0 Å². The summed E-state index contributed by atoms with van der Waals surface area (Å²) >= 11 is 1.56. The summed E-state index contributed by atoms with van der Waals surface area (Å²) in [4.78, 5) is 0. The molecule has 0 saturated carbocycles. The van der Waals surface area contributed by atoms with Gasteiger partial charge in [-0.3, -0.25) is 0 Å². The Labute approximate surface area is 97.0 Å². The second kappa shape index (κ2) is 3.84. The van der Waals surface area contributed by atoms with Crippen molar-refractivity contribution in [3.63, 3.8) is 0 Å². The van der Waals surface area contributed by atoms with Gasteiger partial charge in [0.25, 0.3) is 0 Å². The Morgan fingerprint density at radius 3 is 2.75 bits per heavy atom. The van der Waals surface area contributed by atoms with E-state index in [4.69, 9.17) is 0 Å². The molecule has 0 aliphatic carbocycles. The van der Waals surface area contributed by atoms with E-state index in [9.17, 15) is 5.11 Å². The van der Waals surface area contributed by atoms with Crippen molar-refractivity contribution in [2.45, 2.75) is 5.92 Å². The minimum absolute atomic E-state index is 0.261. The van der Waals surface area contributed by atoms with Crippen molar-refractivity contribution in [1.82, 2.24) is 15.5 Å². The SMILES string of the molecule is Oc1ccccc1-c1nnc(C2CNC2)s1. The molecule has 16 heavy (non-hydrogen) atoms. The van der Waals surface area contributed by atoms with E-state index in [2.05, 4.69) is 15.5 Å². The Hall–Kier alpha value is -1.46. The molecule has 1 saturated heterocycles. The molecule has 2 heterocycles. The van der Waals surface area contributed by atoms with Crippen molar-refractivity contribution in [3.05, 3.63) is 29.3 Å². The maximum Gasteiger partial charge on any atom is 0.151 e. The van der Waals surface area contributed by atoms with Crippen LogP contribution in [0.3, 0.4) is 0 Å². The van der Waals surface area contributed by atoms with E-state index in [1.54, 1.807) is 23.5 Å². The maximum atomic E-state index is 9.71. The highest BCUT2D eigenvalue weighted by Crippen LogP contribution is 2.33. The summed E-state index contributed by atoms with van der Waals surface area (Å²) in [7, 11) is 0. The number of hydrogen-bond donors (Lipinski definition) is 2. The lowest BCUT2D eigenvalue weighted by atomic mass is 10.1. The molecule has 1 aromatic carbocycles. The van der Waals surface area contributed by atoms with Crippen molar-refractivity contribution in [3.8, 4) is 16.3 Å². The topological polar surface area (TPSA) is 58.0 Å². The average molecular weight is 233 g/mol. The maximum absolute atomic E-state index is 9.71. The fourth-order valence-corrected chi connectivity index (χ4v) is 2.60. The molecule has 0 radical (unpaired) electrons.